The van der Waals surface area contributed by atoms with Crippen LogP contribution >= 0.6 is 11.3 Å². The summed E-state index contributed by atoms with van der Waals surface area (Å²) in [5, 5.41) is 6.99. The number of likely N-dealkylation sites (N-methyl/N-ethyl adjacent to an activating group) is 1. The van der Waals surface area contributed by atoms with E-state index in [1.807, 2.05) is 29.6 Å². The SMILES string of the molecule is COc1cc(-c2csc(NC(C)C)n2)nc2cc(OCC(=O)N(C)C)ccc12. The molecule has 0 aliphatic carbocycles. The molecule has 1 N–H and O–H groups in total. The van der Waals surface area contributed by atoms with E-state index in [-0.39, 0.29) is 12.5 Å². The molecule has 7 nitrogen and oxygen atoms in total. The lowest BCUT2D eigenvalue weighted by molar-refractivity contribution is -0.130. The highest BCUT2D eigenvalue weighted by molar-refractivity contribution is 7.14. The number of nitrogens with one attached hydrogen (secondary N) is 1. The third-order valence-corrected chi connectivity index (χ3v) is 4.78. The van der Waals surface area contributed by atoms with E-state index < -0.39 is 0 Å². The van der Waals surface area contributed by atoms with Crippen molar-refractivity contribution in [2.75, 3.05) is 33.1 Å². The number of nitrogens with zero attached hydrogens (tertiary/aromatic N) is 3. The van der Waals surface area contributed by atoms with Gasteiger partial charge in [0.1, 0.15) is 17.2 Å². The average molecular weight is 401 g/mol. The van der Waals surface area contributed by atoms with Gasteiger partial charge in [-0.25, -0.2) is 9.97 Å². The van der Waals surface area contributed by atoms with Gasteiger partial charge in [-0.2, -0.15) is 0 Å². The summed E-state index contributed by atoms with van der Waals surface area (Å²) in [6, 6.07) is 7.69. The topological polar surface area (TPSA) is 76.6 Å². The molecule has 3 rings (SSSR count). The Hall–Kier alpha value is -2.87. The molecular weight excluding hydrogens is 376 g/mol. The van der Waals surface area contributed by atoms with Gasteiger partial charge in [0, 0.05) is 43.0 Å². The summed E-state index contributed by atoms with van der Waals surface area (Å²) in [5.41, 5.74) is 2.22. The summed E-state index contributed by atoms with van der Waals surface area (Å²) in [4.78, 5) is 22.6. The first-order chi connectivity index (χ1) is 13.4. The minimum Gasteiger partial charge on any atom is -0.496 e. The van der Waals surface area contributed by atoms with Crippen LogP contribution in [0.5, 0.6) is 11.5 Å². The fourth-order valence-electron chi connectivity index (χ4n) is 2.54. The number of pyridine rings is 1. The third-order valence-electron chi connectivity index (χ3n) is 4.00. The number of rotatable bonds is 7. The molecule has 0 fully saturated rings. The van der Waals surface area contributed by atoms with Gasteiger partial charge >= 0.3 is 0 Å². The number of carbonyl (C=O) groups excluding carboxylic acids is 1. The molecule has 1 aromatic carbocycles. The van der Waals surface area contributed by atoms with E-state index >= 15 is 0 Å². The van der Waals surface area contributed by atoms with Crippen LogP contribution in [0.15, 0.2) is 29.6 Å². The number of benzene rings is 1. The van der Waals surface area contributed by atoms with E-state index in [0.717, 1.165) is 27.4 Å². The van der Waals surface area contributed by atoms with Crippen LogP contribution in [0.4, 0.5) is 5.13 Å². The normalized spacial score (nSPS) is 10.9. The van der Waals surface area contributed by atoms with Crippen molar-refractivity contribution < 1.29 is 14.3 Å². The molecule has 2 aromatic heterocycles. The molecule has 0 aliphatic rings. The van der Waals surface area contributed by atoms with Gasteiger partial charge in [0.2, 0.25) is 0 Å². The number of hydrogen-bond acceptors (Lipinski definition) is 7. The average Bonchev–Trinajstić information content (AvgIpc) is 3.12. The van der Waals surface area contributed by atoms with Crippen LogP contribution in [0, 0.1) is 0 Å². The second-order valence-electron chi connectivity index (χ2n) is 6.80. The van der Waals surface area contributed by atoms with E-state index in [1.165, 1.54) is 16.2 Å². The van der Waals surface area contributed by atoms with Crippen LogP contribution in [0.2, 0.25) is 0 Å². The Morgan fingerprint density at radius 2 is 2.00 bits per heavy atom. The molecule has 0 aliphatic heterocycles. The third kappa shape index (κ3) is 4.51. The molecule has 148 valence electrons. The Morgan fingerprint density at radius 3 is 2.68 bits per heavy atom. The Labute approximate surface area is 168 Å². The number of aromatic nitrogens is 2. The van der Waals surface area contributed by atoms with Crippen molar-refractivity contribution in [2.24, 2.45) is 0 Å². The zero-order valence-corrected chi connectivity index (χ0v) is 17.5. The maximum atomic E-state index is 11.8. The van der Waals surface area contributed by atoms with Crippen molar-refractivity contribution in [3.63, 3.8) is 0 Å². The largest absolute Gasteiger partial charge is 0.496 e. The number of thiazole rings is 1. The highest BCUT2D eigenvalue weighted by Gasteiger charge is 2.13. The predicted molar refractivity (Wildman–Crippen MR) is 112 cm³/mol. The van der Waals surface area contributed by atoms with Crippen molar-refractivity contribution in [1.29, 1.82) is 0 Å². The van der Waals surface area contributed by atoms with Crippen molar-refractivity contribution in [1.82, 2.24) is 14.9 Å². The Balaban J connectivity index is 1.93. The molecule has 0 saturated carbocycles. The molecule has 0 bridgehead atoms. The van der Waals surface area contributed by atoms with Gasteiger partial charge in [-0.3, -0.25) is 4.79 Å². The number of ether oxygens (including phenoxy) is 2. The van der Waals surface area contributed by atoms with E-state index in [1.54, 1.807) is 21.2 Å². The van der Waals surface area contributed by atoms with Crippen molar-refractivity contribution >= 4 is 33.3 Å². The lowest BCUT2D eigenvalue weighted by Gasteiger charge is -2.12. The first kappa shape index (κ1) is 19.9. The van der Waals surface area contributed by atoms with Gasteiger partial charge in [0.05, 0.1) is 18.3 Å². The standard InChI is InChI=1S/C20H24N4O3S/c1-12(2)21-20-23-17(11-28-20)16-9-18(26-5)14-7-6-13(8-15(14)22-16)27-10-19(25)24(3)4/h6-9,11-12H,10H2,1-5H3,(H,21,23). The van der Waals surface area contributed by atoms with Crippen LogP contribution in [0.25, 0.3) is 22.3 Å². The number of carbonyl (C=O) groups is 1. The summed E-state index contributed by atoms with van der Waals surface area (Å²) in [5.74, 6) is 1.18. The molecule has 0 saturated heterocycles. The van der Waals surface area contributed by atoms with Crippen LogP contribution in [-0.4, -0.2) is 54.6 Å². The van der Waals surface area contributed by atoms with Crippen molar-refractivity contribution in [3.8, 4) is 22.9 Å². The Bertz CT molecular complexity index is 985. The second-order valence-corrected chi connectivity index (χ2v) is 7.66. The summed E-state index contributed by atoms with van der Waals surface area (Å²) < 4.78 is 11.2. The molecule has 0 spiro atoms. The number of amides is 1. The summed E-state index contributed by atoms with van der Waals surface area (Å²) >= 11 is 1.54. The van der Waals surface area contributed by atoms with E-state index in [9.17, 15) is 4.79 Å². The summed E-state index contributed by atoms with van der Waals surface area (Å²) in [7, 11) is 5.02. The number of anilines is 1. The van der Waals surface area contributed by atoms with Crippen LogP contribution in [0.3, 0.4) is 0 Å². The number of methoxy groups -OCH3 is 1. The molecule has 1 amide bonds. The first-order valence-corrected chi connectivity index (χ1v) is 9.79. The zero-order valence-electron chi connectivity index (χ0n) is 16.6. The quantitative estimate of drug-likeness (QED) is 0.652. The number of hydrogen-bond donors (Lipinski definition) is 1. The molecule has 3 aromatic rings. The van der Waals surface area contributed by atoms with Crippen molar-refractivity contribution in [3.05, 3.63) is 29.6 Å². The first-order valence-electron chi connectivity index (χ1n) is 8.91. The smallest absolute Gasteiger partial charge is 0.259 e. The maximum Gasteiger partial charge on any atom is 0.259 e. The Kier molecular flexibility index (Phi) is 5.99. The lowest BCUT2D eigenvalue weighted by Crippen LogP contribution is -2.27. The second kappa shape index (κ2) is 8.43. The fraction of sp³-hybridized carbons (Fsp3) is 0.350. The highest BCUT2D eigenvalue weighted by atomic mass is 32.1. The molecule has 0 unspecified atom stereocenters. The highest BCUT2D eigenvalue weighted by Crippen LogP contribution is 2.33. The van der Waals surface area contributed by atoms with Gasteiger partial charge in [-0.05, 0) is 26.0 Å². The number of fused-ring (bicyclic) bond motifs is 1. The van der Waals surface area contributed by atoms with Gasteiger partial charge in [0.15, 0.2) is 11.7 Å². The fourth-order valence-corrected chi connectivity index (χ4v) is 3.40. The van der Waals surface area contributed by atoms with Crippen LogP contribution < -0.4 is 14.8 Å². The zero-order chi connectivity index (χ0) is 20.3. The molecule has 28 heavy (non-hydrogen) atoms. The molecule has 0 radical (unpaired) electrons. The minimum absolute atomic E-state index is 0.0222. The van der Waals surface area contributed by atoms with Crippen molar-refractivity contribution in [2.45, 2.75) is 19.9 Å². The van der Waals surface area contributed by atoms with E-state index in [4.69, 9.17) is 14.5 Å². The van der Waals surface area contributed by atoms with Crippen LogP contribution in [-0.2, 0) is 4.79 Å². The molecule has 2 heterocycles. The Morgan fingerprint density at radius 1 is 1.21 bits per heavy atom. The monoisotopic (exact) mass is 400 g/mol. The molecule has 8 heteroatoms. The maximum absolute atomic E-state index is 11.8. The lowest BCUT2D eigenvalue weighted by atomic mass is 10.1. The van der Waals surface area contributed by atoms with Crippen LogP contribution in [0.1, 0.15) is 13.8 Å². The minimum atomic E-state index is -0.105. The van der Waals surface area contributed by atoms with E-state index in [0.29, 0.717) is 17.5 Å². The van der Waals surface area contributed by atoms with Gasteiger partial charge in [-0.15, -0.1) is 11.3 Å². The summed E-state index contributed by atoms with van der Waals surface area (Å²) in [6.07, 6.45) is 0. The van der Waals surface area contributed by atoms with Gasteiger partial charge < -0.3 is 19.7 Å². The molecule has 0 atom stereocenters. The summed E-state index contributed by atoms with van der Waals surface area (Å²) in [6.45, 7) is 4.12. The predicted octanol–water partition coefficient (Wildman–Crippen LogP) is 3.65. The van der Waals surface area contributed by atoms with Gasteiger partial charge in [0.25, 0.3) is 5.91 Å². The van der Waals surface area contributed by atoms with E-state index in [2.05, 4.69) is 24.1 Å². The van der Waals surface area contributed by atoms with Gasteiger partial charge in [-0.1, -0.05) is 0 Å². The molecular formula is C20H24N4O3S.